The van der Waals surface area contributed by atoms with Gasteiger partial charge in [0, 0.05) is 18.6 Å². The van der Waals surface area contributed by atoms with E-state index in [1.54, 1.807) is 37.5 Å². The van der Waals surface area contributed by atoms with Crippen molar-refractivity contribution in [1.29, 1.82) is 0 Å². The zero-order valence-electron chi connectivity index (χ0n) is 14.4. The van der Waals surface area contributed by atoms with Crippen LogP contribution in [0.4, 0.5) is 4.39 Å². The second-order valence-electron chi connectivity index (χ2n) is 5.92. The summed E-state index contributed by atoms with van der Waals surface area (Å²) in [6, 6.07) is 8.09. The molecule has 134 valence electrons. The molecule has 1 N–H and O–H groups in total. The highest BCUT2D eigenvalue weighted by atomic mass is 19.1. The number of halogens is 1. The lowest BCUT2D eigenvalue weighted by atomic mass is 10.0. The Morgan fingerprint density at radius 3 is 2.65 bits per heavy atom. The predicted octanol–water partition coefficient (Wildman–Crippen LogP) is 3.95. The van der Waals surface area contributed by atoms with E-state index in [-0.39, 0.29) is 23.8 Å². The second-order valence-corrected chi connectivity index (χ2v) is 5.92. The number of benzene rings is 1. The Balaban J connectivity index is 1.98. The topological polar surface area (TPSA) is 71.8 Å². The normalized spacial score (nSPS) is 15.0. The number of nitrogens with zero attached hydrogens (tertiary/aromatic N) is 2. The van der Waals surface area contributed by atoms with Crippen LogP contribution in [0.3, 0.4) is 0 Å². The van der Waals surface area contributed by atoms with Gasteiger partial charge in [-0.1, -0.05) is 6.07 Å². The Bertz CT molecular complexity index is 859. The number of hydrogen-bond acceptors (Lipinski definition) is 5. The van der Waals surface area contributed by atoms with Gasteiger partial charge in [0.15, 0.2) is 0 Å². The third-order valence-electron chi connectivity index (χ3n) is 3.95. The van der Waals surface area contributed by atoms with E-state index in [0.717, 1.165) is 18.4 Å². The number of carbonyl (C=O) groups is 1. The molecule has 1 aliphatic rings. The highest BCUT2D eigenvalue weighted by Gasteiger charge is 2.23. The molecule has 0 spiro atoms. The molecule has 2 aromatic rings. The summed E-state index contributed by atoms with van der Waals surface area (Å²) in [5, 5.41) is 10.5. The number of pyridine rings is 1. The van der Waals surface area contributed by atoms with Crippen LogP contribution in [0.2, 0.25) is 0 Å². The Labute approximate surface area is 150 Å². The number of carbonyl (C=O) groups excluding carboxylic acids is 1. The minimum Gasteiger partial charge on any atom is -0.506 e. The van der Waals surface area contributed by atoms with Crippen molar-refractivity contribution in [3.05, 3.63) is 59.7 Å². The van der Waals surface area contributed by atoms with Crippen molar-refractivity contribution in [2.75, 3.05) is 6.61 Å². The monoisotopic (exact) mass is 354 g/mol. The van der Waals surface area contributed by atoms with Crippen LogP contribution in [0.5, 0.6) is 0 Å². The number of aromatic nitrogens is 1. The van der Waals surface area contributed by atoms with Crippen LogP contribution in [0.15, 0.2) is 53.3 Å². The van der Waals surface area contributed by atoms with Crippen molar-refractivity contribution in [3.63, 3.8) is 0 Å². The van der Waals surface area contributed by atoms with Crippen LogP contribution in [0.25, 0.3) is 16.9 Å². The van der Waals surface area contributed by atoms with Crippen molar-refractivity contribution in [1.82, 2.24) is 4.98 Å². The molecule has 0 amide bonds. The third-order valence-corrected chi connectivity index (χ3v) is 3.95. The number of rotatable bonds is 6. The molecule has 3 rings (SSSR count). The van der Waals surface area contributed by atoms with Gasteiger partial charge in [0.2, 0.25) is 0 Å². The van der Waals surface area contributed by atoms with E-state index in [2.05, 4.69) is 9.98 Å². The van der Waals surface area contributed by atoms with Gasteiger partial charge in [-0.25, -0.2) is 9.18 Å². The molecular weight excluding hydrogens is 335 g/mol. The lowest BCUT2D eigenvalue weighted by Crippen LogP contribution is -2.12. The number of ether oxygens (including phenoxy) is 1. The first kappa shape index (κ1) is 17.8. The number of aliphatic imine (C=N–C) groups is 1. The summed E-state index contributed by atoms with van der Waals surface area (Å²) in [4.78, 5) is 20.3. The standard InChI is InChI=1S/C20H19FN2O3/c1-2-26-20(25)17(12-23-15-4-5-15)19(24)16-6-3-14(11-18(16)21)13-7-9-22-10-8-13/h3,6-12,15,24H,2,4-5H2,1H3/b19-17-,23-12?. The fourth-order valence-corrected chi connectivity index (χ4v) is 2.40. The molecule has 6 heteroatoms. The van der Waals surface area contributed by atoms with Crippen LogP contribution in [0, 0.1) is 5.82 Å². The summed E-state index contributed by atoms with van der Waals surface area (Å²) < 4.78 is 19.6. The molecule has 0 unspecified atom stereocenters. The summed E-state index contributed by atoms with van der Waals surface area (Å²) in [5.74, 6) is -1.85. The maximum Gasteiger partial charge on any atom is 0.343 e. The molecule has 5 nitrogen and oxygen atoms in total. The number of aliphatic hydroxyl groups excluding tert-OH is 1. The lowest BCUT2D eigenvalue weighted by molar-refractivity contribution is -0.137. The zero-order chi connectivity index (χ0) is 18.5. The number of esters is 1. The van der Waals surface area contributed by atoms with Gasteiger partial charge in [-0.15, -0.1) is 0 Å². The minimum absolute atomic E-state index is 0.0758. The van der Waals surface area contributed by atoms with E-state index in [9.17, 15) is 14.3 Å². The fraction of sp³-hybridized carbons (Fsp3) is 0.250. The van der Waals surface area contributed by atoms with Gasteiger partial charge >= 0.3 is 5.97 Å². The molecule has 0 aliphatic heterocycles. The van der Waals surface area contributed by atoms with Crippen molar-refractivity contribution in [2.24, 2.45) is 4.99 Å². The molecule has 1 heterocycles. The van der Waals surface area contributed by atoms with Gasteiger partial charge in [-0.3, -0.25) is 9.98 Å². The smallest absolute Gasteiger partial charge is 0.343 e. The van der Waals surface area contributed by atoms with E-state index >= 15 is 0 Å². The number of hydrogen-bond donors (Lipinski definition) is 1. The van der Waals surface area contributed by atoms with Crippen LogP contribution in [0.1, 0.15) is 25.3 Å². The average Bonchev–Trinajstić information content (AvgIpc) is 3.47. The van der Waals surface area contributed by atoms with Gasteiger partial charge in [0.1, 0.15) is 17.1 Å². The van der Waals surface area contributed by atoms with E-state index in [1.807, 2.05) is 0 Å². The predicted molar refractivity (Wildman–Crippen MR) is 97.3 cm³/mol. The van der Waals surface area contributed by atoms with Gasteiger partial charge in [0.05, 0.1) is 18.2 Å². The Morgan fingerprint density at radius 1 is 1.31 bits per heavy atom. The molecule has 26 heavy (non-hydrogen) atoms. The van der Waals surface area contributed by atoms with E-state index < -0.39 is 17.5 Å². The second kappa shape index (κ2) is 7.91. The molecule has 1 aliphatic carbocycles. The van der Waals surface area contributed by atoms with Crippen LogP contribution in [-0.2, 0) is 9.53 Å². The summed E-state index contributed by atoms with van der Waals surface area (Å²) in [5.41, 5.74) is 1.23. The quantitative estimate of drug-likeness (QED) is 0.369. The van der Waals surface area contributed by atoms with E-state index in [4.69, 9.17) is 4.74 Å². The van der Waals surface area contributed by atoms with Gasteiger partial charge in [-0.2, -0.15) is 0 Å². The van der Waals surface area contributed by atoms with Gasteiger partial charge in [-0.05, 0) is 55.2 Å². The molecule has 1 aromatic heterocycles. The van der Waals surface area contributed by atoms with Crippen molar-refractivity contribution in [2.45, 2.75) is 25.8 Å². The largest absolute Gasteiger partial charge is 0.506 e. The summed E-state index contributed by atoms with van der Waals surface area (Å²) in [7, 11) is 0. The van der Waals surface area contributed by atoms with E-state index in [0.29, 0.717) is 5.56 Å². The first-order valence-electron chi connectivity index (χ1n) is 8.44. The maximum atomic E-state index is 14.6. The molecule has 0 atom stereocenters. The van der Waals surface area contributed by atoms with E-state index in [1.165, 1.54) is 18.3 Å². The van der Waals surface area contributed by atoms with Crippen molar-refractivity contribution < 1.29 is 19.0 Å². The maximum absolute atomic E-state index is 14.6. The molecule has 1 aromatic carbocycles. The Kier molecular flexibility index (Phi) is 5.41. The highest BCUT2D eigenvalue weighted by Crippen LogP contribution is 2.27. The lowest BCUT2D eigenvalue weighted by Gasteiger charge is -2.09. The SMILES string of the molecule is CCOC(=O)/C(C=NC1CC1)=C(\O)c1ccc(-c2ccncc2)cc1F. The number of aliphatic hydroxyl groups is 1. The van der Waals surface area contributed by atoms with Crippen molar-refractivity contribution >= 4 is 17.9 Å². The molecule has 0 bridgehead atoms. The average molecular weight is 354 g/mol. The van der Waals surface area contributed by atoms with Crippen molar-refractivity contribution in [3.8, 4) is 11.1 Å². The third kappa shape index (κ3) is 4.14. The summed E-state index contributed by atoms with van der Waals surface area (Å²) >= 11 is 0. The highest BCUT2D eigenvalue weighted by molar-refractivity contribution is 6.15. The first-order chi connectivity index (χ1) is 12.6. The zero-order valence-corrected chi connectivity index (χ0v) is 14.4. The Morgan fingerprint density at radius 2 is 2.04 bits per heavy atom. The van der Waals surface area contributed by atoms with Gasteiger partial charge < -0.3 is 9.84 Å². The molecule has 0 saturated heterocycles. The minimum atomic E-state index is -0.730. The van der Waals surface area contributed by atoms with Gasteiger partial charge in [0.25, 0.3) is 0 Å². The molecule has 1 fully saturated rings. The van der Waals surface area contributed by atoms with Crippen LogP contribution in [-0.4, -0.2) is 34.9 Å². The molecular formula is C20H19FN2O3. The van der Waals surface area contributed by atoms with Crippen LogP contribution >= 0.6 is 0 Å². The molecule has 1 saturated carbocycles. The summed E-state index contributed by atoms with van der Waals surface area (Å²) in [6.07, 6.45) is 6.41. The van der Waals surface area contributed by atoms with Crippen LogP contribution < -0.4 is 0 Å². The summed E-state index contributed by atoms with van der Waals surface area (Å²) in [6.45, 7) is 1.81. The fourth-order valence-electron chi connectivity index (χ4n) is 2.40. The first-order valence-corrected chi connectivity index (χ1v) is 8.44. The Hall–Kier alpha value is -3.02. The molecule has 0 radical (unpaired) electrons.